The molecule has 0 amide bonds. The van der Waals surface area contributed by atoms with E-state index in [-0.39, 0.29) is 0 Å². The molecular formula is C15H21NO2. The van der Waals surface area contributed by atoms with Gasteiger partial charge in [0.15, 0.2) is 0 Å². The molecule has 0 fully saturated rings. The molecule has 3 heteroatoms. The minimum Gasteiger partial charge on any atom is -0.490 e. The number of hydrogen-bond acceptors (Lipinski definition) is 3. The zero-order chi connectivity index (χ0) is 12.7. The molecule has 0 saturated heterocycles. The molecule has 18 heavy (non-hydrogen) atoms. The number of hydrogen-bond donors (Lipinski definition) is 1. The van der Waals surface area contributed by atoms with Crippen molar-refractivity contribution < 1.29 is 9.47 Å². The minimum atomic E-state index is 0.299. The SMILES string of the molecule is CNCCc1c2c(cc3c1OC(C)C3)OC(C)C2. The maximum atomic E-state index is 6.01. The molecule has 3 nitrogen and oxygen atoms in total. The summed E-state index contributed by atoms with van der Waals surface area (Å²) in [4.78, 5) is 0. The predicted molar refractivity (Wildman–Crippen MR) is 71.7 cm³/mol. The Labute approximate surface area is 108 Å². The van der Waals surface area contributed by atoms with Crippen molar-refractivity contribution in [1.82, 2.24) is 5.32 Å². The molecule has 0 aromatic heterocycles. The molecule has 0 radical (unpaired) electrons. The first-order chi connectivity index (χ1) is 8.69. The first-order valence-corrected chi connectivity index (χ1v) is 6.84. The average molecular weight is 247 g/mol. The van der Waals surface area contributed by atoms with Crippen LogP contribution in [0.4, 0.5) is 0 Å². The van der Waals surface area contributed by atoms with Gasteiger partial charge in [-0.15, -0.1) is 0 Å². The highest BCUT2D eigenvalue weighted by Crippen LogP contribution is 2.43. The van der Waals surface area contributed by atoms with Crippen LogP contribution in [0.5, 0.6) is 11.5 Å². The summed E-state index contributed by atoms with van der Waals surface area (Å²) in [5, 5.41) is 3.22. The zero-order valence-electron chi connectivity index (χ0n) is 11.4. The van der Waals surface area contributed by atoms with Crippen molar-refractivity contribution >= 4 is 0 Å². The smallest absolute Gasteiger partial charge is 0.126 e. The zero-order valence-corrected chi connectivity index (χ0v) is 11.4. The topological polar surface area (TPSA) is 30.5 Å². The summed E-state index contributed by atoms with van der Waals surface area (Å²) in [6, 6.07) is 2.19. The number of ether oxygens (including phenoxy) is 2. The Balaban J connectivity index is 2.04. The summed E-state index contributed by atoms with van der Waals surface area (Å²) < 4.78 is 11.9. The van der Waals surface area contributed by atoms with Gasteiger partial charge in [0.1, 0.15) is 23.7 Å². The second-order valence-corrected chi connectivity index (χ2v) is 5.44. The van der Waals surface area contributed by atoms with Gasteiger partial charge in [-0.25, -0.2) is 0 Å². The lowest BCUT2D eigenvalue weighted by molar-refractivity contribution is 0.252. The van der Waals surface area contributed by atoms with Crippen LogP contribution in [0.15, 0.2) is 6.07 Å². The number of fused-ring (bicyclic) bond motifs is 2. The maximum Gasteiger partial charge on any atom is 0.126 e. The van der Waals surface area contributed by atoms with Gasteiger partial charge in [-0.05, 0) is 39.9 Å². The molecule has 1 aromatic carbocycles. The van der Waals surface area contributed by atoms with E-state index >= 15 is 0 Å². The van der Waals surface area contributed by atoms with E-state index < -0.39 is 0 Å². The first kappa shape index (κ1) is 11.8. The molecule has 0 aliphatic carbocycles. The Bertz CT molecular complexity index is 434. The Morgan fingerprint density at radius 3 is 2.78 bits per heavy atom. The van der Waals surface area contributed by atoms with Crippen molar-refractivity contribution in [2.24, 2.45) is 0 Å². The van der Waals surface area contributed by atoms with Crippen LogP contribution in [0.3, 0.4) is 0 Å². The van der Waals surface area contributed by atoms with E-state index in [4.69, 9.17) is 9.47 Å². The number of nitrogens with one attached hydrogen (secondary N) is 1. The van der Waals surface area contributed by atoms with Crippen LogP contribution in [-0.4, -0.2) is 25.8 Å². The van der Waals surface area contributed by atoms with Gasteiger partial charge in [0.05, 0.1) is 0 Å². The summed E-state index contributed by atoms with van der Waals surface area (Å²) in [5.74, 6) is 2.22. The Morgan fingerprint density at radius 2 is 2.00 bits per heavy atom. The summed E-state index contributed by atoms with van der Waals surface area (Å²) in [6.07, 6.45) is 3.64. The average Bonchev–Trinajstić information content (AvgIpc) is 2.85. The summed E-state index contributed by atoms with van der Waals surface area (Å²) in [6.45, 7) is 5.25. The first-order valence-electron chi connectivity index (χ1n) is 6.84. The highest BCUT2D eigenvalue weighted by atomic mass is 16.5. The lowest BCUT2D eigenvalue weighted by atomic mass is 9.96. The molecule has 2 atom stereocenters. The number of likely N-dealkylation sites (N-methyl/N-ethyl adjacent to an activating group) is 1. The molecule has 98 valence electrons. The second-order valence-electron chi connectivity index (χ2n) is 5.44. The third-order valence-electron chi connectivity index (χ3n) is 3.80. The molecule has 1 aromatic rings. The monoisotopic (exact) mass is 247 g/mol. The number of rotatable bonds is 3. The van der Waals surface area contributed by atoms with E-state index in [1.54, 1.807) is 0 Å². The van der Waals surface area contributed by atoms with Crippen molar-refractivity contribution in [3.8, 4) is 11.5 Å². The summed E-state index contributed by atoms with van der Waals surface area (Å²) in [7, 11) is 1.99. The molecule has 0 spiro atoms. The van der Waals surface area contributed by atoms with Gasteiger partial charge in [0, 0.05) is 29.5 Å². The van der Waals surface area contributed by atoms with E-state index in [1.807, 2.05) is 7.05 Å². The van der Waals surface area contributed by atoms with Crippen LogP contribution in [0.2, 0.25) is 0 Å². The van der Waals surface area contributed by atoms with Crippen LogP contribution in [-0.2, 0) is 19.3 Å². The summed E-state index contributed by atoms with van der Waals surface area (Å²) in [5.41, 5.74) is 4.05. The van der Waals surface area contributed by atoms with Crippen LogP contribution >= 0.6 is 0 Å². The van der Waals surface area contributed by atoms with Crippen molar-refractivity contribution in [2.75, 3.05) is 13.6 Å². The molecule has 2 unspecified atom stereocenters. The van der Waals surface area contributed by atoms with Gasteiger partial charge in [0.2, 0.25) is 0 Å². The second kappa shape index (κ2) is 4.47. The van der Waals surface area contributed by atoms with Crippen molar-refractivity contribution in [3.63, 3.8) is 0 Å². The summed E-state index contributed by atoms with van der Waals surface area (Å²) >= 11 is 0. The molecule has 1 N–H and O–H groups in total. The molecular weight excluding hydrogens is 226 g/mol. The molecule has 3 rings (SSSR count). The molecule has 2 aliphatic heterocycles. The van der Waals surface area contributed by atoms with Crippen LogP contribution in [0.25, 0.3) is 0 Å². The van der Waals surface area contributed by atoms with Crippen molar-refractivity contribution in [3.05, 3.63) is 22.8 Å². The van der Waals surface area contributed by atoms with E-state index in [1.165, 1.54) is 16.7 Å². The third kappa shape index (κ3) is 1.87. The van der Waals surface area contributed by atoms with Gasteiger partial charge >= 0.3 is 0 Å². The Morgan fingerprint density at radius 1 is 1.22 bits per heavy atom. The molecule has 0 saturated carbocycles. The van der Waals surface area contributed by atoms with Crippen molar-refractivity contribution in [1.29, 1.82) is 0 Å². The number of benzene rings is 1. The third-order valence-corrected chi connectivity index (χ3v) is 3.80. The Kier molecular flexibility index (Phi) is 2.94. The standard InChI is InChI=1S/C15H21NO2/c1-9-6-11-8-14-13(7-10(2)17-14)12(4-5-16-3)15(11)18-9/h8-10,16H,4-7H2,1-3H3. The van der Waals surface area contributed by atoms with E-state index in [9.17, 15) is 0 Å². The van der Waals surface area contributed by atoms with E-state index in [0.29, 0.717) is 12.2 Å². The van der Waals surface area contributed by atoms with Crippen LogP contribution in [0, 0.1) is 0 Å². The normalized spacial score (nSPS) is 24.4. The van der Waals surface area contributed by atoms with Gasteiger partial charge in [-0.1, -0.05) is 0 Å². The van der Waals surface area contributed by atoms with Crippen LogP contribution < -0.4 is 14.8 Å². The maximum absolute atomic E-state index is 6.01. The fourth-order valence-corrected chi connectivity index (χ4v) is 3.03. The lowest BCUT2D eigenvalue weighted by Gasteiger charge is -2.13. The largest absolute Gasteiger partial charge is 0.490 e. The van der Waals surface area contributed by atoms with Gasteiger partial charge < -0.3 is 14.8 Å². The minimum absolute atomic E-state index is 0.299. The highest BCUT2D eigenvalue weighted by molar-refractivity contribution is 5.57. The lowest BCUT2D eigenvalue weighted by Crippen LogP contribution is -2.13. The quantitative estimate of drug-likeness (QED) is 0.887. The van der Waals surface area contributed by atoms with E-state index in [0.717, 1.165) is 37.3 Å². The predicted octanol–water partition coefficient (Wildman–Crippen LogP) is 2.10. The molecule has 2 aliphatic rings. The molecule has 2 heterocycles. The van der Waals surface area contributed by atoms with Crippen LogP contribution in [0.1, 0.15) is 30.5 Å². The molecule has 0 bridgehead atoms. The fourth-order valence-electron chi connectivity index (χ4n) is 3.03. The van der Waals surface area contributed by atoms with E-state index in [2.05, 4.69) is 25.2 Å². The van der Waals surface area contributed by atoms with Crippen molar-refractivity contribution in [2.45, 2.75) is 45.3 Å². The van der Waals surface area contributed by atoms with Gasteiger partial charge in [0.25, 0.3) is 0 Å². The Hall–Kier alpha value is -1.22. The van der Waals surface area contributed by atoms with Gasteiger partial charge in [-0.3, -0.25) is 0 Å². The highest BCUT2D eigenvalue weighted by Gasteiger charge is 2.30. The van der Waals surface area contributed by atoms with Gasteiger partial charge in [-0.2, -0.15) is 0 Å². The fraction of sp³-hybridized carbons (Fsp3) is 0.600.